The van der Waals surface area contributed by atoms with E-state index in [2.05, 4.69) is 4.98 Å². The summed E-state index contributed by atoms with van der Waals surface area (Å²) in [6.45, 7) is 8.24. The molecule has 0 bridgehead atoms. The summed E-state index contributed by atoms with van der Waals surface area (Å²) in [4.78, 5) is 41.2. The van der Waals surface area contributed by atoms with Crippen LogP contribution in [0.2, 0.25) is 10.0 Å². The third-order valence-electron chi connectivity index (χ3n) is 5.21. The Hall–Kier alpha value is -2.30. The Bertz CT molecular complexity index is 1230. The van der Waals surface area contributed by atoms with Crippen LogP contribution in [0.1, 0.15) is 62.2 Å². The van der Waals surface area contributed by atoms with Gasteiger partial charge in [0.15, 0.2) is 0 Å². The largest absolute Gasteiger partial charge is 0.462 e. The van der Waals surface area contributed by atoms with E-state index in [-0.39, 0.29) is 32.4 Å². The summed E-state index contributed by atoms with van der Waals surface area (Å²) in [5, 5.41) is 0.443. The number of amides is 1. The minimum atomic E-state index is -3.37. The smallest absolute Gasteiger partial charge is 0.410 e. The molecule has 0 atom stereocenters. The van der Waals surface area contributed by atoms with E-state index in [9.17, 15) is 23.2 Å². The van der Waals surface area contributed by atoms with E-state index in [0.717, 1.165) is 17.8 Å². The van der Waals surface area contributed by atoms with Crippen molar-refractivity contribution in [2.45, 2.75) is 61.9 Å². The van der Waals surface area contributed by atoms with E-state index in [1.165, 1.54) is 0 Å². The number of hydrogen-bond donors (Lipinski definition) is 1. The maximum absolute atomic E-state index is 14.0. The molecule has 1 aromatic heterocycles. The molecule has 36 heavy (non-hydrogen) atoms. The third-order valence-corrected chi connectivity index (χ3v) is 7.33. The first-order chi connectivity index (χ1) is 16.6. The predicted molar refractivity (Wildman–Crippen MR) is 134 cm³/mol. The second kappa shape index (κ2) is 10.6. The van der Waals surface area contributed by atoms with Crippen LogP contribution in [0.4, 0.5) is 13.6 Å². The van der Waals surface area contributed by atoms with Gasteiger partial charge in [-0.25, -0.2) is 18.4 Å². The van der Waals surface area contributed by atoms with Gasteiger partial charge in [-0.05, 0) is 45.4 Å². The highest BCUT2D eigenvalue weighted by Crippen LogP contribution is 2.45. The summed E-state index contributed by atoms with van der Waals surface area (Å²) in [7, 11) is 0. The van der Waals surface area contributed by atoms with Gasteiger partial charge in [-0.3, -0.25) is 4.79 Å². The highest BCUT2D eigenvalue weighted by atomic mass is 35.5. The van der Waals surface area contributed by atoms with Crippen molar-refractivity contribution in [2.75, 3.05) is 19.7 Å². The van der Waals surface area contributed by atoms with Crippen LogP contribution < -0.4 is 5.56 Å². The lowest BCUT2D eigenvalue weighted by molar-refractivity contribution is 0.00804. The third kappa shape index (κ3) is 6.33. The van der Waals surface area contributed by atoms with Gasteiger partial charge in [0.05, 0.1) is 22.3 Å². The molecule has 12 heteroatoms. The first-order valence-electron chi connectivity index (χ1n) is 11.1. The fraction of sp³-hybridized carbons (Fsp3) is 0.458. The van der Waals surface area contributed by atoms with Gasteiger partial charge >= 0.3 is 12.1 Å². The van der Waals surface area contributed by atoms with Crippen LogP contribution in [0.15, 0.2) is 32.8 Å². The van der Waals surface area contributed by atoms with Gasteiger partial charge in [-0.2, -0.15) is 0 Å². The number of carbonyl (C=O) groups excluding carboxylic acids is 2. The minimum absolute atomic E-state index is 0.0130. The molecule has 0 aliphatic carbocycles. The second-order valence-electron chi connectivity index (χ2n) is 9.32. The summed E-state index contributed by atoms with van der Waals surface area (Å²) >= 11 is 13.9. The maximum Gasteiger partial charge on any atom is 0.410 e. The van der Waals surface area contributed by atoms with Crippen molar-refractivity contribution in [1.82, 2.24) is 9.88 Å². The quantitative estimate of drug-likeness (QED) is 0.406. The number of esters is 1. The molecule has 1 fully saturated rings. The van der Waals surface area contributed by atoms with E-state index in [4.69, 9.17) is 32.7 Å². The first kappa shape index (κ1) is 28.3. The Balaban J connectivity index is 1.96. The van der Waals surface area contributed by atoms with Gasteiger partial charge in [-0.15, -0.1) is 0 Å². The highest BCUT2D eigenvalue weighted by molar-refractivity contribution is 7.99. The number of hydrogen-bond acceptors (Lipinski definition) is 6. The molecule has 1 aromatic carbocycles. The van der Waals surface area contributed by atoms with Crippen molar-refractivity contribution in [3.05, 3.63) is 55.4 Å². The van der Waals surface area contributed by atoms with Gasteiger partial charge in [0, 0.05) is 35.7 Å². The number of likely N-dealkylation sites (tertiary alicyclic amines) is 1. The van der Waals surface area contributed by atoms with Gasteiger partial charge in [-0.1, -0.05) is 41.0 Å². The van der Waals surface area contributed by atoms with Crippen molar-refractivity contribution in [1.29, 1.82) is 0 Å². The molecule has 1 N–H and O–H groups in total. The molecule has 196 valence electrons. The Kier molecular flexibility index (Phi) is 8.32. The monoisotopic (exact) mass is 562 g/mol. The summed E-state index contributed by atoms with van der Waals surface area (Å²) < 4.78 is 38.4. The zero-order chi connectivity index (χ0) is 27.0. The maximum atomic E-state index is 14.0. The average molecular weight is 563 g/mol. The van der Waals surface area contributed by atoms with E-state index in [1.807, 2.05) is 0 Å². The van der Waals surface area contributed by atoms with Gasteiger partial charge < -0.3 is 19.4 Å². The standard InChI is InChI=1S/C24H26Cl2F2N2O5S/c1-6-34-21(32)17-15(9-16(24(5,27)28)29-20(17)31)36-19-14(25)8-7-13(18(19)26)12-10-30(11-12)22(33)35-23(2,3)4/h7-9,12H,6,10-11H2,1-5H3,(H,29,31). The van der Waals surface area contributed by atoms with Crippen molar-refractivity contribution in [3.8, 4) is 0 Å². The summed E-state index contributed by atoms with van der Waals surface area (Å²) in [6.07, 6.45) is -0.436. The SMILES string of the molecule is CCOC(=O)c1c(Sc2c(Cl)ccc(C3CN(C(=O)OC(C)(C)C)C3)c2Cl)cc(C(C)(F)F)[nH]c1=O. The number of nitrogens with one attached hydrogen (secondary N) is 1. The lowest BCUT2D eigenvalue weighted by atomic mass is 9.92. The number of aromatic nitrogens is 1. The van der Waals surface area contributed by atoms with Crippen LogP contribution in [0.5, 0.6) is 0 Å². The van der Waals surface area contributed by atoms with Gasteiger partial charge in [0.1, 0.15) is 11.2 Å². The number of benzene rings is 1. The predicted octanol–water partition coefficient (Wildman–Crippen LogP) is 6.46. The first-order valence-corrected chi connectivity index (χ1v) is 12.7. The second-order valence-corrected chi connectivity index (χ2v) is 11.2. The highest BCUT2D eigenvalue weighted by Gasteiger charge is 2.36. The van der Waals surface area contributed by atoms with E-state index in [1.54, 1.807) is 44.7 Å². The number of H-pyrrole nitrogens is 1. The topological polar surface area (TPSA) is 88.7 Å². The number of alkyl halides is 2. The fourth-order valence-corrected chi connectivity index (χ4v) is 5.27. The normalized spacial score (nSPS) is 14.4. The Morgan fingerprint density at radius 2 is 1.83 bits per heavy atom. The minimum Gasteiger partial charge on any atom is -0.462 e. The fourth-order valence-electron chi connectivity index (χ4n) is 3.47. The van der Waals surface area contributed by atoms with Crippen LogP contribution in [-0.2, 0) is 15.4 Å². The van der Waals surface area contributed by atoms with E-state index >= 15 is 0 Å². The average Bonchev–Trinajstić information content (AvgIpc) is 2.69. The molecule has 0 radical (unpaired) electrons. The van der Waals surface area contributed by atoms with Crippen molar-refractivity contribution >= 4 is 47.0 Å². The van der Waals surface area contributed by atoms with Crippen LogP contribution in [-0.4, -0.2) is 47.2 Å². The Labute approximate surface area is 221 Å². The number of nitrogens with zero attached hydrogens (tertiary/aromatic N) is 1. The molecule has 1 aliphatic rings. The van der Waals surface area contributed by atoms with Crippen LogP contribution in [0.25, 0.3) is 0 Å². The van der Waals surface area contributed by atoms with Crippen LogP contribution in [0.3, 0.4) is 0 Å². The van der Waals surface area contributed by atoms with Crippen molar-refractivity contribution in [2.24, 2.45) is 0 Å². The van der Waals surface area contributed by atoms with Crippen LogP contribution in [0, 0.1) is 0 Å². The lowest BCUT2D eigenvalue weighted by Gasteiger charge is -2.40. The van der Waals surface area contributed by atoms with Crippen molar-refractivity contribution in [3.63, 3.8) is 0 Å². The molecule has 1 saturated heterocycles. The molecule has 0 unspecified atom stereocenters. The molecule has 0 spiro atoms. The molecular formula is C24H26Cl2F2N2O5S. The summed E-state index contributed by atoms with van der Waals surface area (Å²) in [6, 6.07) is 4.33. The van der Waals surface area contributed by atoms with E-state index in [0.29, 0.717) is 25.6 Å². The van der Waals surface area contributed by atoms with Gasteiger partial charge in [0.25, 0.3) is 11.5 Å². The molecule has 1 aliphatic heterocycles. The molecule has 3 rings (SSSR count). The van der Waals surface area contributed by atoms with E-state index < -0.39 is 40.4 Å². The number of aromatic amines is 1. The Morgan fingerprint density at radius 1 is 1.19 bits per heavy atom. The molecule has 0 saturated carbocycles. The zero-order valence-electron chi connectivity index (χ0n) is 20.3. The molecule has 1 amide bonds. The van der Waals surface area contributed by atoms with Crippen LogP contribution >= 0.6 is 35.0 Å². The molecule has 2 aromatic rings. The summed E-state index contributed by atoms with van der Waals surface area (Å²) in [5.41, 5.74) is -2.04. The van der Waals surface area contributed by atoms with Gasteiger partial charge in [0.2, 0.25) is 0 Å². The Morgan fingerprint density at radius 3 is 2.39 bits per heavy atom. The molecule has 7 nitrogen and oxygen atoms in total. The number of pyridine rings is 1. The number of carbonyl (C=O) groups is 2. The number of halogens is 4. The number of rotatable bonds is 6. The molecular weight excluding hydrogens is 537 g/mol. The summed E-state index contributed by atoms with van der Waals surface area (Å²) in [5.74, 6) is -4.43. The zero-order valence-corrected chi connectivity index (χ0v) is 22.7. The molecule has 2 heterocycles. The number of ether oxygens (including phenoxy) is 2. The lowest BCUT2D eigenvalue weighted by Crippen LogP contribution is -2.50. The van der Waals surface area contributed by atoms with Crippen molar-refractivity contribution < 1.29 is 27.8 Å².